The number of nitrogens with one attached hydrogen (secondary N) is 1. The maximum atomic E-state index is 5.94. The highest BCUT2D eigenvalue weighted by Crippen LogP contribution is 2.33. The Labute approximate surface area is 110 Å². The van der Waals surface area contributed by atoms with Crippen LogP contribution in [0, 0.1) is 5.92 Å². The smallest absolute Gasteiger partial charge is 0.0406 e. The first kappa shape index (κ1) is 12.9. The van der Waals surface area contributed by atoms with Crippen molar-refractivity contribution in [2.45, 2.75) is 45.1 Å². The summed E-state index contributed by atoms with van der Waals surface area (Å²) in [6.07, 6.45) is 6.94. The summed E-state index contributed by atoms with van der Waals surface area (Å²) in [7, 11) is 0. The van der Waals surface area contributed by atoms with Crippen LogP contribution in [-0.2, 0) is 0 Å². The average Bonchev–Trinajstić information content (AvgIpc) is 2.82. The van der Waals surface area contributed by atoms with Gasteiger partial charge in [0.05, 0.1) is 0 Å². The zero-order chi connectivity index (χ0) is 12.1. The molecule has 0 aliphatic heterocycles. The van der Waals surface area contributed by atoms with E-state index in [1.165, 1.54) is 37.7 Å². The van der Waals surface area contributed by atoms with Crippen LogP contribution in [0.3, 0.4) is 0 Å². The second-order valence-electron chi connectivity index (χ2n) is 5.05. The van der Waals surface area contributed by atoms with Gasteiger partial charge in [-0.1, -0.05) is 56.3 Å². The van der Waals surface area contributed by atoms with Crippen LogP contribution in [0.2, 0.25) is 5.02 Å². The molecule has 1 fully saturated rings. The molecular weight excluding hydrogens is 230 g/mol. The molecule has 17 heavy (non-hydrogen) atoms. The quantitative estimate of drug-likeness (QED) is 0.808. The van der Waals surface area contributed by atoms with Gasteiger partial charge in [0.1, 0.15) is 0 Å². The minimum atomic E-state index is 0.500. The van der Waals surface area contributed by atoms with Gasteiger partial charge in [0, 0.05) is 11.1 Å². The van der Waals surface area contributed by atoms with Crippen LogP contribution in [0.25, 0.3) is 0 Å². The molecule has 1 saturated carbocycles. The molecule has 0 bridgehead atoms. The zero-order valence-corrected chi connectivity index (χ0v) is 11.3. The predicted octanol–water partition coefficient (Wildman–Crippen LogP) is 4.57. The molecule has 0 aromatic heterocycles. The third-order valence-corrected chi connectivity index (χ3v) is 4.02. The summed E-state index contributed by atoms with van der Waals surface area (Å²) in [5, 5.41) is 4.43. The summed E-state index contributed by atoms with van der Waals surface area (Å²) in [6.45, 7) is 3.21. The van der Waals surface area contributed by atoms with Gasteiger partial charge in [0.25, 0.3) is 0 Å². The van der Waals surface area contributed by atoms with Gasteiger partial charge < -0.3 is 5.32 Å². The number of hydrogen-bond donors (Lipinski definition) is 1. The van der Waals surface area contributed by atoms with E-state index in [4.69, 9.17) is 11.6 Å². The van der Waals surface area contributed by atoms with Gasteiger partial charge in [0.15, 0.2) is 0 Å². The Morgan fingerprint density at radius 1 is 1.24 bits per heavy atom. The lowest BCUT2D eigenvalue weighted by molar-refractivity contribution is 0.401. The first-order valence-corrected chi connectivity index (χ1v) is 7.16. The standard InChI is InChI=1S/C15H22ClN/c1-2-17-15(11-12-5-3-4-6-12)13-7-9-14(16)10-8-13/h7-10,12,15,17H,2-6,11H2,1H3. The summed E-state index contributed by atoms with van der Waals surface area (Å²) in [5.74, 6) is 0.912. The lowest BCUT2D eigenvalue weighted by Crippen LogP contribution is -2.22. The molecule has 94 valence electrons. The molecule has 2 rings (SSSR count). The molecular formula is C15H22ClN. The second kappa shape index (κ2) is 6.42. The molecule has 1 nitrogen and oxygen atoms in total. The maximum Gasteiger partial charge on any atom is 0.0406 e. The second-order valence-corrected chi connectivity index (χ2v) is 5.48. The maximum absolute atomic E-state index is 5.94. The van der Waals surface area contributed by atoms with Gasteiger partial charge in [-0.05, 0) is 36.6 Å². The molecule has 1 aromatic rings. The molecule has 0 heterocycles. The fourth-order valence-corrected chi connectivity index (χ4v) is 2.98. The zero-order valence-electron chi connectivity index (χ0n) is 10.6. The van der Waals surface area contributed by atoms with Crippen molar-refractivity contribution in [1.82, 2.24) is 5.32 Å². The molecule has 1 aromatic carbocycles. The topological polar surface area (TPSA) is 12.0 Å². The number of benzene rings is 1. The molecule has 1 N–H and O–H groups in total. The molecule has 1 aliphatic carbocycles. The van der Waals surface area contributed by atoms with Crippen molar-refractivity contribution in [3.05, 3.63) is 34.9 Å². The highest BCUT2D eigenvalue weighted by Gasteiger charge is 2.20. The van der Waals surface area contributed by atoms with Crippen LogP contribution < -0.4 is 5.32 Å². The van der Waals surface area contributed by atoms with Gasteiger partial charge >= 0.3 is 0 Å². The Morgan fingerprint density at radius 2 is 1.88 bits per heavy atom. The Morgan fingerprint density at radius 3 is 2.47 bits per heavy atom. The minimum absolute atomic E-state index is 0.500. The van der Waals surface area contributed by atoms with Crippen molar-refractivity contribution in [2.75, 3.05) is 6.54 Å². The molecule has 0 amide bonds. The SMILES string of the molecule is CCNC(CC1CCCC1)c1ccc(Cl)cc1. The number of halogens is 1. The molecule has 1 unspecified atom stereocenters. The Balaban J connectivity index is 2.02. The lowest BCUT2D eigenvalue weighted by Gasteiger charge is -2.22. The van der Waals surface area contributed by atoms with E-state index in [0.717, 1.165) is 17.5 Å². The minimum Gasteiger partial charge on any atom is -0.310 e. The average molecular weight is 252 g/mol. The highest BCUT2D eigenvalue weighted by atomic mass is 35.5. The van der Waals surface area contributed by atoms with Gasteiger partial charge in [-0.25, -0.2) is 0 Å². The third-order valence-electron chi connectivity index (χ3n) is 3.77. The van der Waals surface area contributed by atoms with E-state index < -0.39 is 0 Å². The van der Waals surface area contributed by atoms with E-state index in [1.807, 2.05) is 12.1 Å². The van der Waals surface area contributed by atoms with Crippen molar-refractivity contribution < 1.29 is 0 Å². The van der Waals surface area contributed by atoms with E-state index in [0.29, 0.717) is 6.04 Å². The summed E-state index contributed by atoms with van der Waals surface area (Å²) in [4.78, 5) is 0. The number of hydrogen-bond acceptors (Lipinski definition) is 1. The van der Waals surface area contributed by atoms with E-state index in [9.17, 15) is 0 Å². The predicted molar refractivity (Wildman–Crippen MR) is 74.4 cm³/mol. The Hall–Kier alpha value is -0.530. The largest absolute Gasteiger partial charge is 0.310 e. The van der Waals surface area contributed by atoms with Crippen LogP contribution in [0.1, 0.15) is 50.6 Å². The molecule has 0 radical (unpaired) electrons. The first-order valence-electron chi connectivity index (χ1n) is 6.78. The van der Waals surface area contributed by atoms with Gasteiger partial charge in [0.2, 0.25) is 0 Å². The van der Waals surface area contributed by atoms with Crippen molar-refractivity contribution in [3.8, 4) is 0 Å². The van der Waals surface area contributed by atoms with E-state index in [1.54, 1.807) is 0 Å². The van der Waals surface area contributed by atoms with Crippen LogP contribution in [0.4, 0.5) is 0 Å². The van der Waals surface area contributed by atoms with E-state index >= 15 is 0 Å². The molecule has 2 heteroatoms. The molecule has 0 saturated heterocycles. The third kappa shape index (κ3) is 3.72. The highest BCUT2D eigenvalue weighted by molar-refractivity contribution is 6.30. The van der Waals surface area contributed by atoms with Gasteiger partial charge in [-0.2, -0.15) is 0 Å². The molecule has 1 atom stereocenters. The summed E-state index contributed by atoms with van der Waals surface area (Å²) >= 11 is 5.94. The van der Waals surface area contributed by atoms with Crippen LogP contribution in [-0.4, -0.2) is 6.54 Å². The summed E-state index contributed by atoms with van der Waals surface area (Å²) in [6, 6.07) is 8.81. The molecule has 1 aliphatic rings. The summed E-state index contributed by atoms with van der Waals surface area (Å²) in [5.41, 5.74) is 1.38. The van der Waals surface area contributed by atoms with E-state index in [-0.39, 0.29) is 0 Å². The fourth-order valence-electron chi connectivity index (χ4n) is 2.86. The summed E-state index contributed by atoms with van der Waals surface area (Å²) < 4.78 is 0. The number of rotatable bonds is 5. The van der Waals surface area contributed by atoms with Crippen molar-refractivity contribution in [1.29, 1.82) is 0 Å². The Bertz CT molecular complexity index is 327. The van der Waals surface area contributed by atoms with E-state index in [2.05, 4.69) is 24.4 Å². The van der Waals surface area contributed by atoms with Gasteiger partial charge in [-0.3, -0.25) is 0 Å². The van der Waals surface area contributed by atoms with Crippen molar-refractivity contribution in [2.24, 2.45) is 5.92 Å². The monoisotopic (exact) mass is 251 g/mol. The van der Waals surface area contributed by atoms with Crippen LogP contribution in [0.15, 0.2) is 24.3 Å². The fraction of sp³-hybridized carbons (Fsp3) is 0.600. The van der Waals surface area contributed by atoms with Gasteiger partial charge in [-0.15, -0.1) is 0 Å². The first-order chi connectivity index (χ1) is 8.29. The molecule has 0 spiro atoms. The lowest BCUT2D eigenvalue weighted by atomic mass is 9.93. The Kier molecular flexibility index (Phi) is 4.87. The normalized spacial score (nSPS) is 18.5. The van der Waals surface area contributed by atoms with Crippen LogP contribution >= 0.6 is 11.6 Å². The van der Waals surface area contributed by atoms with Crippen molar-refractivity contribution >= 4 is 11.6 Å². The van der Waals surface area contributed by atoms with Crippen molar-refractivity contribution in [3.63, 3.8) is 0 Å². The van der Waals surface area contributed by atoms with Crippen LogP contribution in [0.5, 0.6) is 0 Å².